The second-order valence-electron chi connectivity index (χ2n) is 6.23. The van der Waals surface area contributed by atoms with Crippen molar-refractivity contribution >= 4 is 15.7 Å². The molecule has 0 aromatic heterocycles. The van der Waals surface area contributed by atoms with Crippen molar-refractivity contribution in [2.45, 2.75) is 38.1 Å². The van der Waals surface area contributed by atoms with Crippen LogP contribution in [0.1, 0.15) is 32.1 Å². The lowest BCUT2D eigenvalue weighted by atomic mass is 9.89. The third kappa shape index (κ3) is 5.23. The monoisotopic (exact) mass is 318 g/mol. The molecule has 0 aromatic rings. The van der Waals surface area contributed by atoms with Crippen LogP contribution in [0.15, 0.2) is 0 Å². The number of aliphatic hydroxyl groups excluding tert-OH is 1. The van der Waals surface area contributed by atoms with Gasteiger partial charge in [0.05, 0.1) is 24.7 Å². The first kappa shape index (κ1) is 16.7. The molecule has 2 fully saturated rings. The third-order valence-electron chi connectivity index (χ3n) is 4.52. The molecule has 0 bridgehead atoms. The Kier molecular flexibility index (Phi) is 6.01. The molecule has 21 heavy (non-hydrogen) atoms. The Balaban J connectivity index is 1.76. The highest BCUT2D eigenvalue weighted by atomic mass is 32.2. The van der Waals surface area contributed by atoms with E-state index in [0.717, 1.165) is 6.54 Å². The summed E-state index contributed by atoms with van der Waals surface area (Å²) >= 11 is 0. The third-order valence-corrected chi connectivity index (χ3v) is 6.22. The van der Waals surface area contributed by atoms with Crippen LogP contribution >= 0.6 is 0 Å². The standard InChI is InChI=1S/C14H26N2O4S/c17-10-13-11-21(19,20)7-6-16(13)9-14(18)15-8-12-4-2-1-3-5-12/h12-13,17H,1-11H2,(H,15,18). The lowest BCUT2D eigenvalue weighted by molar-refractivity contribution is -0.123. The van der Waals surface area contributed by atoms with Crippen molar-refractivity contribution in [3.63, 3.8) is 0 Å². The zero-order valence-corrected chi connectivity index (χ0v) is 13.3. The first-order valence-electron chi connectivity index (χ1n) is 7.82. The van der Waals surface area contributed by atoms with Crippen molar-refractivity contribution in [3.05, 3.63) is 0 Å². The molecule has 2 rings (SSSR count). The van der Waals surface area contributed by atoms with Crippen molar-refractivity contribution in [3.8, 4) is 0 Å². The van der Waals surface area contributed by atoms with E-state index in [9.17, 15) is 18.3 Å². The van der Waals surface area contributed by atoms with Gasteiger partial charge < -0.3 is 10.4 Å². The highest BCUT2D eigenvalue weighted by molar-refractivity contribution is 7.91. The van der Waals surface area contributed by atoms with E-state index in [1.165, 1.54) is 32.1 Å². The first-order valence-corrected chi connectivity index (χ1v) is 9.64. The SMILES string of the molecule is O=C(CN1CCS(=O)(=O)CC1CO)NCC1CCCCC1. The summed E-state index contributed by atoms with van der Waals surface area (Å²) in [5.41, 5.74) is 0. The van der Waals surface area contributed by atoms with Crippen LogP contribution in [-0.2, 0) is 14.6 Å². The van der Waals surface area contributed by atoms with Crippen LogP contribution in [0.2, 0.25) is 0 Å². The van der Waals surface area contributed by atoms with Gasteiger partial charge in [-0.25, -0.2) is 8.42 Å². The summed E-state index contributed by atoms with van der Waals surface area (Å²) < 4.78 is 23.1. The van der Waals surface area contributed by atoms with Crippen molar-refractivity contribution < 1.29 is 18.3 Å². The normalized spacial score (nSPS) is 27.4. The van der Waals surface area contributed by atoms with E-state index < -0.39 is 15.9 Å². The van der Waals surface area contributed by atoms with Gasteiger partial charge in [-0.2, -0.15) is 0 Å². The van der Waals surface area contributed by atoms with Gasteiger partial charge >= 0.3 is 0 Å². The number of hydrogen-bond acceptors (Lipinski definition) is 5. The quantitative estimate of drug-likeness (QED) is 0.731. The van der Waals surface area contributed by atoms with Gasteiger partial charge in [-0.3, -0.25) is 9.69 Å². The summed E-state index contributed by atoms with van der Waals surface area (Å²) in [6.45, 7) is 0.988. The summed E-state index contributed by atoms with van der Waals surface area (Å²) in [5, 5.41) is 12.3. The molecule has 0 spiro atoms. The molecule has 1 unspecified atom stereocenters. The number of nitrogens with zero attached hydrogens (tertiary/aromatic N) is 1. The Morgan fingerprint density at radius 1 is 1.24 bits per heavy atom. The summed E-state index contributed by atoms with van der Waals surface area (Å²) in [5.74, 6) is 0.523. The van der Waals surface area contributed by atoms with Crippen LogP contribution in [0.3, 0.4) is 0 Å². The molecular formula is C14H26N2O4S. The van der Waals surface area contributed by atoms with Gasteiger partial charge in [0.1, 0.15) is 0 Å². The molecular weight excluding hydrogens is 292 g/mol. The van der Waals surface area contributed by atoms with Crippen LogP contribution < -0.4 is 5.32 Å². The van der Waals surface area contributed by atoms with Crippen molar-refractivity contribution in [2.75, 3.05) is 37.7 Å². The van der Waals surface area contributed by atoms with Crippen molar-refractivity contribution in [2.24, 2.45) is 5.92 Å². The smallest absolute Gasteiger partial charge is 0.234 e. The maximum atomic E-state index is 12.0. The van der Waals surface area contributed by atoms with E-state index in [-0.39, 0.29) is 30.6 Å². The first-order chi connectivity index (χ1) is 10.00. The van der Waals surface area contributed by atoms with Crippen molar-refractivity contribution in [1.82, 2.24) is 10.2 Å². The molecule has 1 atom stereocenters. The van der Waals surface area contributed by atoms with Gasteiger partial charge in [-0.05, 0) is 18.8 Å². The second-order valence-corrected chi connectivity index (χ2v) is 8.46. The van der Waals surface area contributed by atoms with Crippen LogP contribution in [0.25, 0.3) is 0 Å². The molecule has 6 nitrogen and oxygen atoms in total. The predicted octanol–water partition coefficient (Wildman–Crippen LogP) is -0.226. The molecule has 1 saturated heterocycles. The van der Waals surface area contributed by atoms with Gasteiger partial charge in [0, 0.05) is 19.1 Å². The maximum absolute atomic E-state index is 12.0. The Hall–Kier alpha value is -0.660. The average Bonchev–Trinajstić information content (AvgIpc) is 2.48. The highest BCUT2D eigenvalue weighted by Crippen LogP contribution is 2.22. The van der Waals surface area contributed by atoms with Gasteiger partial charge in [-0.1, -0.05) is 19.3 Å². The molecule has 1 saturated carbocycles. The van der Waals surface area contributed by atoms with Gasteiger partial charge in [0.15, 0.2) is 9.84 Å². The van der Waals surface area contributed by atoms with Crippen LogP contribution in [0.4, 0.5) is 0 Å². The summed E-state index contributed by atoms with van der Waals surface area (Å²) in [7, 11) is -3.08. The van der Waals surface area contributed by atoms with E-state index in [1.54, 1.807) is 4.90 Å². The van der Waals surface area contributed by atoms with E-state index in [2.05, 4.69) is 5.32 Å². The van der Waals surface area contributed by atoms with Crippen LogP contribution in [0.5, 0.6) is 0 Å². The molecule has 1 amide bonds. The van der Waals surface area contributed by atoms with Gasteiger partial charge in [0.2, 0.25) is 5.91 Å². The Bertz CT molecular complexity index is 446. The number of rotatable bonds is 5. The summed E-state index contributed by atoms with van der Waals surface area (Å²) in [4.78, 5) is 13.8. The number of aliphatic hydroxyl groups is 1. The molecule has 122 valence electrons. The number of hydrogen-bond donors (Lipinski definition) is 2. The molecule has 1 aliphatic carbocycles. The minimum atomic E-state index is -3.08. The lowest BCUT2D eigenvalue weighted by Gasteiger charge is -2.33. The van der Waals surface area contributed by atoms with E-state index in [0.29, 0.717) is 12.5 Å². The number of nitrogens with one attached hydrogen (secondary N) is 1. The van der Waals surface area contributed by atoms with Gasteiger partial charge in [0.25, 0.3) is 0 Å². The number of carbonyl (C=O) groups is 1. The minimum Gasteiger partial charge on any atom is -0.395 e. The average molecular weight is 318 g/mol. The van der Waals surface area contributed by atoms with E-state index >= 15 is 0 Å². The van der Waals surface area contributed by atoms with Crippen LogP contribution in [-0.4, -0.2) is 68.1 Å². The largest absolute Gasteiger partial charge is 0.395 e. The Labute approximate surface area is 126 Å². The zero-order chi connectivity index (χ0) is 15.3. The fourth-order valence-corrected chi connectivity index (χ4v) is 4.77. The minimum absolute atomic E-state index is 0.0561. The zero-order valence-electron chi connectivity index (χ0n) is 12.5. The molecule has 2 N–H and O–H groups in total. The topological polar surface area (TPSA) is 86.7 Å². The number of carbonyl (C=O) groups excluding carboxylic acids is 1. The Morgan fingerprint density at radius 3 is 2.62 bits per heavy atom. The number of sulfone groups is 1. The molecule has 0 radical (unpaired) electrons. The van der Waals surface area contributed by atoms with Gasteiger partial charge in [-0.15, -0.1) is 0 Å². The molecule has 1 aliphatic heterocycles. The summed E-state index contributed by atoms with van der Waals surface area (Å²) in [6.07, 6.45) is 6.15. The van der Waals surface area contributed by atoms with Crippen molar-refractivity contribution in [1.29, 1.82) is 0 Å². The lowest BCUT2D eigenvalue weighted by Crippen LogP contribution is -2.53. The summed E-state index contributed by atoms with van der Waals surface area (Å²) in [6, 6.07) is -0.454. The fraction of sp³-hybridized carbons (Fsp3) is 0.929. The van der Waals surface area contributed by atoms with Crippen LogP contribution in [0, 0.1) is 5.92 Å². The highest BCUT2D eigenvalue weighted by Gasteiger charge is 2.31. The van der Waals surface area contributed by atoms with E-state index in [4.69, 9.17) is 0 Å². The molecule has 2 aliphatic rings. The maximum Gasteiger partial charge on any atom is 0.234 e. The second kappa shape index (κ2) is 7.56. The molecule has 1 heterocycles. The molecule has 0 aromatic carbocycles. The van der Waals surface area contributed by atoms with E-state index in [1.807, 2.05) is 0 Å². The number of amides is 1. The Morgan fingerprint density at radius 2 is 1.95 bits per heavy atom. The predicted molar refractivity (Wildman–Crippen MR) is 80.7 cm³/mol. The molecule has 7 heteroatoms. The fourth-order valence-electron chi connectivity index (χ4n) is 3.19.